The molecule has 5 nitrogen and oxygen atoms in total. The van der Waals surface area contributed by atoms with E-state index in [-0.39, 0.29) is 11.4 Å². The summed E-state index contributed by atoms with van der Waals surface area (Å²) in [4.78, 5) is 27.3. The standard InChI is InChI=1S/C14H24N2O3S/c1-3-14(4-2)5-6-15(10-14)13(19)16-7-8-20-9-11(16)12(17)18/h11H,3-10H2,1-2H3,(H,17,18). The Morgan fingerprint density at radius 2 is 2.00 bits per heavy atom. The Morgan fingerprint density at radius 1 is 1.30 bits per heavy atom. The number of urea groups is 1. The van der Waals surface area contributed by atoms with Crippen molar-refractivity contribution < 1.29 is 14.7 Å². The molecule has 0 saturated carbocycles. The molecule has 0 aromatic carbocycles. The van der Waals surface area contributed by atoms with Crippen LogP contribution < -0.4 is 0 Å². The van der Waals surface area contributed by atoms with Crippen molar-refractivity contribution in [1.82, 2.24) is 9.80 Å². The smallest absolute Gasteiger partial charge is 0.327 e. The molecule has 2 aliphatic heterocycles. The van der Waals surface area contributed by atoms with E-state index in [4.69, 9.17) is 0 Å². The second-order valence-corrected chi connectivity index (χ2v) is 6.93. The lowest BCUT2D eigenvalue weighted by atomic mass is 9.82. The normalized spacial score (nSPS) is 25.8. The molecule has 2 heterocycles. The minimum Gasteiger partial charge on any atom is -0.480 e. The number of amides is 2. The highest BCUT2D eigenvalue weighted by atomic mass is 32.2. The molecule has 1 unspecified atom stereocenters. The number of rotatable bonds is 3. The van der Waals surface area contributed by atoms with Crippen LogP contribution in [0.1, 0.15) is 33.1 Å². The van der Waals surface area contributed by atoms with E-state index in [1.54, 1.807) is 16.7 Å². The summed E-state index contributed by atoms with van der Waals surface area (Å²) in [7, 11) is 0. The first-order chi connectivity index (χ1) is 9.53. The van der Waals surface area contributed by atoms with Crippen molar-refractivity contribution in [3.8, 4) is 0 Å². The van der Waals surface area contributed by atoms with E-state index in [0.29, 0.717) is 12.3 Å². The van der Waals surface area contributed by atoms with Gasteiger partial charge in [-0.05, 0) is 24.7 Å². The predicted octanol–water partition coefficient (Wildman–Crippen LogP) is 2.12. The van der Waals surface area contributed by atoms with Gasteiger partial charge in [-0.1, -0.05) is 13.8 Å². The highest BCUT2D eigenvalue weighted by Crippen LogP contribution is 2.37. The summed E-state index contributed by atoms with van der Waals surface area (Å²) in [5, 5.41) is 9.27. The van der Waals surface area contributed by atoms with E-state index in [1.807, 2.05) is 4.90 Å². The largest absolute Gasteiger partial charge is 0.480 e. The van der Waals surface area contributed by atoms with E-state index in [1.165, 1.54) is 0 Å². The van der Waals surface area contributed by atoms with Crippen molar-refractivity contribution in [2.24, 2.45) is 5.41 Å². The molecule has 0 radical (unpaired) electrons. The third-order valence-corrected chi connectivity index (χ3v) is 5.89. The van der Waals surface area contributed by atoms with Gasteiger partial charge in [0.25, 0.3) is 0 Å². The van der Waals surface area contributed by atoms with Crippen molar-refractivity contribution >= 4 is 23.8 Å². The highest BCUT2D eigenvalue weighted by Gasteiger charge is 2.41. The molecule has 2 saturated heterocycles. The van der Waals surface area contributed by atoms with Gasteiger partial charge >= 0.3 is 12.0 Å². The van der Waals surface area contributed by atoms with E-state index in [9.17, 15) is 14.7 Å². The number of likely N-dealkylation sites (tertiary alicyclic amines) is 1. The summed E-state index contributed by atoms with van der Waals surface area (Å²) in [6, 6.07) is -0.749. The Bertz CT molecular complexity index is 385. The van der Waals surface area contributed by atoms with Crippen LogP contribution in [0.2, 0.25) is 0 Å². The van der Waals surface area contributed by atoms with Crippen LogP contribution in [0.4, 0.5) is 4.79 Å². The van der Waals surface area contributed by atoms with Gasteiger partial charge in [0.2, 0.25) is 0 Å². The van der Waals surface area contributed by atoms with Gasteiger partial charge in [-0.15, -0.1) is 0 Å². The summed E-state index contributed by atoms with van der Waals surface area (Å²) in [6.45, 7) is 6.43. The molecule has 6 heteroatoms. The SMILES string of the molecule is CCC1(CC)CCN(C(=O)N2CCSCC2C(=O)O)C1. The molecular weight excluding hydrogens is 276 g/mol. The van der Waals surface area contributed by atoms with Gasteiger partial charge in [-0.2, -0.15) is 11.8 Å². The van der Waals surface area contributed by atoms with Crippen LogP contribution in [-0.4, -0.2) is 64.1 Å². The molecular formula is C14H24N2O3S. The van der Waals surface area contributed by atoms with Crippen molar-refractivity contribution in [1.29, 1.82) is 0 Å². The molecule has 20 heavy (non-hydrogen) atoms. The van der Waals surface area contributed by atoms with Crippen LogP contribution in [0.3, 0.4) is 0 Å². The van der Waals surface area contributed by atoms with Crippen LogP contribution in [0, 0.1) is 5.41 Å². The molecule has 2 aliphatic rings. The summed E-state index contributed by atoms with van der Waals surface area (Å²) in [5.41, 5.74) is 0.235. The van der Waals surface area contributed by atoms with Gasteiger partial charge in [-0.3, -0.25) is 0 Å². The number of aliphatic carboxylic acids is 1. The Kier molecular flexibility index (Phi) is 4.83. The molecule has 0 aromatic heterocycles. The Balaban J connectivity index is 2.05. The van der Waals surface area contributed by atoms with Gasteiger partial charge in [0, 0.05) is 31.1 Å². The molecule has 1 atom stereocenters. The lowest BCUT2D eigenvalue weighted by molar-refractivity contribution is -0.141. The predicted molar refractivity (Wildman–Crippen MR) is 80.1 cm³/mol. The fraction of sp³-hybridized carbons (Fsp3) is 0.857. The number of hydrogen-bond acceptors (Lipinski definition) is 3. The second kappa shape index (κ2) is 6.24. The molecule has 2 amide bonds. The summed E-state index contributed by atoms with van der Waals surface area (Å²) in [6.07, 6.45) is 3.18. The molecule has 2 rings (SSSR count). The minimum atomic E-state index is -0.887. The minimum absolute atomic E-state index is 0.0820. The van der Waals surface area contributed by atoms with Crippen LogP contribution in [0.5, 0.6) is 0 Å². The van der Waals surface area contributed by atoms with Crippen molar-refractivity contribution in [3.63, 3.8) is 0 Å². The average Bonchev–Trinajstić information content (AvgIpc) is 2.91. The van der Waals surface area contributed by atoms with E-state index in [2.05, 4.69) is 13.8 Å². The fourth-order valence-electron chi connectivity index (χ4n) is 3.14. The van der Waals surface area contributed by atoms with Gasteiger partial charge in [0.1, 0.15) is 6.04 Å². The number of nitrogens with zero attached hydrogens (tertiary/aromatic N) is 2. The van der Waals surface area contributed by atoms with Gasteiger partial charge in [0.05, 0.1) is 0 Å². The molecule has 0 bridgehead atoms. The zero-order valence-electron chi connectivity index (χ0n) is 12.3. The van der Waals surface area contributed by atoms with Gasteiger partial charge in [0.15, 0.2) is 0 Å². The first-order valence-electron chi connectivity index (χ1n) is 7.39. The average molecular weight is 300 g/mol. The zero-order valence-corrected chi connectivity index (χ0v) is 13.1. The third kappa shape index (κ3) is 2.90. The first kappa shape index (κ1) is 15.5. The summed E-state index contributed by atoms with van der Waals surface area (Å²) in [5.74, 6) is 0.444. The quantitative estimate of drug-likeness (QED) is 0.867. The lowest BCUT2D eigenvalue weighted by Gasteiger charge is -2.36. The maximum Gasteiger partial charge on any atom is 0.327 e. The molecule has 114 valence electrons. The van der Waals surface area contributed by atoms with Gasteiger partial charge in [-0.25, -0.2) is 9.59 Å². The van der Waals surface area contributed by atoms with Crippen LogP contribution in [-0.2, 0) is 4.79 Å². The number of thioether (sulfide) groups is 1. The van der Waals surface area contributed by atoms with E-state index < -0.39 is 12.0 Å². The van der Waals surface area contributed by atoms with Crippen molar-refractivity contribution in [2.45, 2.75) is 39.2 Å². The number of carbonyl (C=O) groups is 2. The number of hydrogen-bond donors (Lipinski definition) is 1. The number of carbonyl (C=O) groups excluding carboxylic acids is 1. The zero-order chi connectivity index (χ0) is 14.8. The van der Waals surface area contributed by atoms with Crippen LogP contribution >= 0.6 is 11.8 Å². The summed E-state index contributed by atoms with van der Waals surface area (Å²) < 4.78 is 0. The van der Waals surface area contributed by atoms with Crippen molar-refractivity contribution in [3.05, 3.63) is 0 Å². The second-order valence-electron chi connectivity index (χ2n) is 5.78. The van der Waals surface area contributed by atoms with Crippen LogP contribution in [0.25, 0.3) is 0 Å². The maximum atomic E-state index is 12.6. The summed E-state index contributed by atoms with van der Waals surface area (Å²) >= 11 is 1.61. The first-order valence-corrected chi connectivity index (χ1v) is 8.54. The third-order valence-electron chi connectivity index (χ3n) is 4.87. The van der Waals surface area contributed by atoms with E-state index >= 15 is 0 Å². The monoisotopic (exact) mass is 300 g/mol. The topological polar surface area (TPSA) is 60.9 Å². The number of carboxylic acid groups (broad SMARTS) is 1. The molecule has 2 fully saturated rings. The Hall–Kier alpha value is -0.910. The molecule has 1 N–H and O–H groups in total. The van der Waals surface area contributed by atoms with Crippen molar-refractivity contribution in [2.75, 3.05) is 31.1 Å². The Labute approximate surface area is 124 Å². The van der Waals surface area contributed by atoms with E-state index in [0.717, 1.165) is 38.1 Å². The molecule has 0 aromatic rings. The maximum absolute atomic E-state index is 12.6. The number of carboxylic acids is 1. The lowest BCUT2D eigenvalue weighted by Crippen LogP contribution is -2.54. The highest BCUT2D eigenvalue weighted by molar-refractivity contribution is 7.99. The van der Waals surface area contributed by atoms with Crippen LogP contribution in [0.15, 0.2) is 0 Å². The molecule has 0 spiro atoms. The fourth-order valence-corrected chi connectivity index (χ4v) is 4.18. The van der Waals surface area contributed by atoms with Gasteiger partial charge < -0.3 is 14.9 Å². The molecule has 0 aliphatic carbocycles. The Morgan fingerprint density at radius 3 is 2.55 bits per heavy atom.